The molecule has 3 aromatic carbocycles. The van der Waals surface area contributed by atoms with Crippen LogP contribution in [0.25, 0.3) is 0 Å². The van der Waals surface area contributed by atoms with Crippen LogP contribution in [-0.2, 0) is 6.54 Å². The van der Waals surface area contributed by atoms with E-state index in [9.17, 15) is 15.0 Å². The minimum Gasteiger partial charge on any atom is -0.504 e. The summed E-state index contributed by atoms with van der Waals surface area (Å²) in [6.45, 7) is 0.385. The fourth-order valence-electron chi connectivity index (χ4n) is 3.43. The number of ether oxygens (including phenoxy) is 1. The molecule has 0 saturated carbocycles. The van der Waals surface area contributed by atoms with E-state index in [1.165, 1.54) is 13.2 Å². The second-order valence-electron chi connectivity index (χ2n) is 6.60. The number of carbonyl (C=O) groups is 1. The zero-order valence-corrected chi connectivity index (χ0v) is 15.3. The van der Waals surface area contributed by atoms with Crippen molar-refractivity contribution in [1.82, 2.24) is 4.90 Å². The van der Waals surface area contributed by atoms with Gasteiger partial charge in [0.15, 0.2) is 11.5 Å². The topological polar surface area (TPSA) is 82.0 Å². The van der Waals surface area contributed by atoms with Crippen LogP contribution in [0, 0.1) is 0 Å². The molecule has 3 aromatic rings. The first-order chi connectivity index (χ1) is 13.6. The summed E-state index contributed by atoms with van der Waals surface area (Å²) in [7, 11) is 1.41. The van der Waals surface area contributed by atoms with Crippen molar-refractivity contribution in [2.24, 2.45) is 0 Å². The van der Waals surface area contributed by atoms with Crippen molar-refractivity contribution in [3.05, 3.63) is 83.4 Å². The van der Waals surface area contributed by atoms with Crippen molar-refractivity contribution in [2.75, 3.05) is 12.4 Å². The first kappa shape index (κ1) is 17.7. The Morgan fingerprint density at radius 3 is 2.50 bits per heavy atom. The Labute approximate surface area is 162 Å². The van der Waals surface area contributed by atoms with E-state index >= 15 is 0 Å². The summed E-state index contributed by atoms with van der Waals surface area (Å²) in [5.41, 5.74) is 2.89. The number of hydrogen-bond donors (Lipinski definition) is 3. The van der Waals surface area contributed by atoms with Gasteiger partial charge in [-0.05, 0) is 29.8 Å². The minimum atomic E-state index is -0.539. The maximum absolute atomic E-state index is 13.3. The number of aromatic hydroxyl groups is 2. The molecule has 4 rings (SSSR count). The molecule has 0 radical (unpaired) electrons. The van der Waals surface area contributed by atoms with Crippen molar-refractivity contribution < 1.29 is 19.7 Å². The van der Waals surface area contributed by atoms with Crippen LogP contribution >= 0.6 is 0 Å². The Morgan fingerprint density at radius 2 is 1.75 bits per heavy atom. The molecule has 0 aliphatic carbocycles. The number of hydrogen-bond acceptors (Lipinski definition) is 5. The van der Waals surface area contributed by atoms with Gasteiger partial charge in [0, 0.05) is 17.8 Å². The van der Waals surface area contributed by atoms with Crippen LogP contribution in [0.3, 0.4) is 0 Å². The monoisotopic (exact) mass is 376 g/mol. The summed E-state index contributed by atoms with van der Waals surface area (Å²) in [5.74, 6) is -0.608. The molecule has 3 N–H and O–H groups in total. The average molecular weight is 376 g/mol. The molecular formula is C22H20N2O4. The van der Waals surface area contributed by atoms with E-state index in [1.807, 2.05) is 48.5 Å². The Hall–Kier alpha value is -3.67. The Bertz CT molecular complexity index is 1020. The van der Waals surface area contributed by atoms with Gasteiger partial charge in [-0.15, -0.1) is 0 Å². The largest absolute Gasteiger partial charge is 0.504 e. The molecule has 1 aliphatic heterocycles. The van der Waals surface area contributed by atoms with Gasteiger partial charge in [-0.2, -0.15) is 0 Å². The zero-order valence-electron chi connectivity index (χ0n) is 15.3. The lowest BCUT2D eigenvalue weighted by Crippen LogP contribution is -2.42. The lowest BCUT2D eigenvalue weighted by atomic mass is 10.0. The van der Waals surface area contributed by atoms with Gasteiger partial charge in [-0.3, -0.25) is 4.79 Å². The third-order valence-electron chi connectivity index (χ3n) is 4.83. The van der Waals surface area contributed by atoms with E-state index < -0.39 is 6.17 Å². The Balaban J connectivity index is 1.81. The molecule has 28 heavy (non-hydrogen) atoms. The minimum absolute atomic E-state index is 0.116. The number of nitrogens with one attached hydrogen (secondary N) is 1. The number of methoxy groups -OCH3 is 1. The maximum Gasteiger partial charge on any atom is 0.258 e. The van der Waals surface area contributed by atoms with Gasteiger partial charge >= 0.3 is 0 Å². The van der Waals surface area contributed by atoms with Crippen LogP contribution in [0.2, 0.25) is 0 Å². The van der Waals surface area contributed by atoms with Gasteiger partial charge < -0.3 is 25.2 Å². The van der Waals surface area contributed by atoms with E-state index in [1.54, 1.807) is 17.0 Å². The standard InChI is InChI=1S/C22H20N2O4/c1-28-19-12-15(11-18(25)20(19)26)21-23-17-10-6-5-9-16(17)22(27)24(21)13-14-7-3-2-4-8-14/h2-12,21,23,25-26H,13H2,1H3/t21-/m0/s1. The van der Waals surface area contributed by atoms with Gasteiger partial charge in [0.25, 0.3) is 5.91 Å². The van der Waals surface area contributed by atoms with Crippen molar-refractivity contribution in [2.45, 2.75) is 12.7 Å². The molecular weight excluding hydrogens is 356 g/mol. The summed E-state index contributed by atoms with van der Waals surface area (Å²) in [6.07, 6.45) is -0.539. The number of para-hydroxylation sites is 1. The third kappa shape index (κ3) is 3.09. The number of benzene rings is 3. The quantitative estimate of drug-likeness (QED) is 0.602. The van der Waals surface area contributed by atoms with Gasteiger partial charge in [0.1, 0.15) is 6.17 Å². The lowest BCUT2D eigenvalue weighted by molar-refractivity contribution is 0.0666. The summed E-state index contributed by atoms with van der Waals surface area (Å²) in [6, 6.07) is 20.1. The number of nitrogens with zero attached hydrogens (tertiary/aromatic N) is 1. The third-order valence-corrected chi connectivity index (χ3v) is 4.83. The highest BCUT2D eigenvalue weighted by Crippen LogP contribution is 2.41. The molecule has 0 saturated heterocycles. The van der Waals surface area contributed by atoms with Gasteiger partial charge in [-0.1, -0.05) is 42.5 Å². The van der Waals surface area contributed by atoms with E-state index in [0.29, 0.717) is 23.4 Å². The van der Waals surface area contributed by atoms with Crippen LogP contribution in [0.5, 0.6) is 17.2 Å². The molecule has 1 amide bonds. The van der Waals surface area contributed by atoms with E-state index in [2.05, 4.69) is 5.32 Å². The summed E-state index contributed by atoms with van der Waals surface area (Å²) in [5, 5.41) is 23.4. The normalized spacial score (nSPS) is 15.7. The van der Waals surface area contributed by atoms with Crippen LogP contribution < -0.4 is 10.1 Å². The number of carbonyl (C=O) groups excluding carboxylic acids is 1. The number of phenols is 2. The zero-order chi connectivity index (χ0) is 19.7. The maximum atomic E-state index is 13.3. The molecule has 0 spiro atoms. The van der Waals surface area contributed by atoms with Crippen molar-refractivity contribution >= 4 is 11.6 Å². The SMILES string of the molecule is COc1cc([C@H]2Nc3ccccc3C(=O)N2Cc2ccccc2)cc(O)c1O. The van der Waals surface area contributed by atoms with Crippen molar-refractivity contribution in [3.8, 4) is 17.2 Å². The fraction of sp³-hybridized carbons (Fsp3) is 0.136. The second-order valence-corrected chi connectivity index (χ2v) is 6.60. The van der Waals surface area contributed by atoms with Crippen molar-refractivity contribution in [1.29, 1.82) is 0 Å². The van der Waals surface area contributed by atoms with Crippen LogP contribution in [0.4, 0.5) is 5.69 Å². The van der Waals surface area contributed by atoms with Gasteiger partial charge in [-0.25, -0.2) is 0 Å². The molecule has 6 heteroatoms. The molecule has 1 aliphatic rings. The average Bonchev–Trinajstić information content (AvgIpc) is 2.72. The van der Waals surface area contributed by atoms with Gasteiger partial charge in [0.2, 0.25) is 5.75 Å². The van der Waals surface area contributed by atoms with E-state index in [0.717, 1.165) is 5.56 Å². The van der Waals surface area contributed by atoms with Crippen molar-refractivity contribution in [3.63, 3.8) is 0 Å². The predicted molar refractivity (Wildman–Crippen MR) is 105 cm³/mol. The molecule has 0 bridgehead atoms. The second kappa shape index (κ2) is 7.15. The number of amides is 1. The van der Waals surface area contributed by atoms with E-state index in [4.69, 9.17) is 4.74 Å². The predicted octanol–water partition coefficient (Wildman–Crippen LogP) is 3.87. The molecule has 0 fully saturated rings. The molecule has 6 nitrogen and oxygen atoms in total. The fourth-order valence-corrected chi connectivity index (χ4v) is 3.43. The highest BCUT2D eigenvalue weighted by molar-refractivity contribution is 6.01. The molecule has 1 heterocycles. The smallest absolute Gasteiger partial charge is 0.258 e. The van der Waals surface area contributed by atoms with E-state index in [-0.39, 0.29) is 23.2 Å². The Kier molecular flexibility index (Phi) is 4.53. The summed E-state index contributed by atoms with van der Waals surface area (Å²) in [4.78, 5) is 15.0. The summed E-state index contributed by atoms with van der Waals surface area (Å²) < 4.78 is 5.17. The van der Waals surface area contributed by atoms with Gasteiger partial charge in [0.05, 0.1) is 12.7 Å². The lowest BCUT2D eigenvalue weighted by Gasteiger charge is -2.38. The Morgan fingerprint density at radius 1 is 1.04 bits per heavy atom. The van der Waals surface area contributed by atoms with Crippen LogP contribution in [0.1, 0.15) is 27.7 Å². The highest BCUT2D eigenvalue weighted by Gasteiger charge is 2.33. The number of fused-ring (bicyclic) bond motifs is 1. The first-order valence-corrected chi connectivity index (χ1v) is 8.89. The molecule has 0 aromatic heterocycles. The number of phenolic OH excluding ortho intramolecular Hbond substituents is 2. The first-order valence-electron chi connectivity index (χ1n) is 8.89. The summed E-state index contributed by atoms with van der Waals surface area (Å²) >= 11 is 0. The molecule has 1 atom stereocenters. The number of rotatable bonds is 4. The van der Waals surface area contributed by atoms with Crippen LogP contribution in [0.15, 0.2) is 66.7 Å². The van der Waals surface area contributed by atoms with Crippen LogP contribution in [-0.4, -0.2) is 28.1 Å². The number of anilines is 1. The molecule has 0 unspecified atom stereocenters. The molecule has 142 valence electrons. The highest BCUT2D eigenvalue weighted by atomic mass is 16.5.